The van der Waals surface area contributed by atoms with Crippen LogP contribution in [0.15, 0.2) is 24.3 Å². The molecular formula is C23H30FN5O2. The monoisotopic (exact) mass is 427 g/mol. The number of benzene rings is 1. The number of rotatable bonds is 7. The fourth-order valence-electron chi connectivity index (χ4n) is 5.22. The maximum atomic E-state index is 13.4. The second-order valence-electron chi connectivity index (χ2n) is 9.52. The lowest BCUT2D eigenvalue weighted by Gasteiger charge is -2.44. The Bertz CT molecular complexity index is 908. The van der Waals surface area contributed by atoms with Crippen molar-refractivity contribution in [3.63, 3.8) is 0 Å². The molecule has 7 nitrogen and oxygen atoms in total. The lowest BCUT2D eigenvalue weighted by Crippen LogP contribution is -2.60. The summed E-state index contributed by atoms with van der Waals surface area (Å²) in [7, 11) is 0. The van der Waals surface area contributed by atoms with E-state index in [4.69, 9.17) is 5.73 Å². The molecule has 1 aromatic carbocycles. The van der Waals surface area contributed by atoms with Crippen molar-refractivity contribution in [1.29, 1.82) is 5.26 Å². The molecule has 0 spiro atoms. The number of carbonyl (C=O) groups is 2. The van der Waals surface area contributed by atoms with Gasteiger partial charge in [0.2, 0.25) is 11.8 Å². The van der Waals surface area contributed by atoms with Gasteiger partial charge in [-0.05, 0) is 57.7 Å². The molecule has 4 rings (SSSR count). The number of nitrogens with zero attached hydrogens (tertiary/aromatic N) is 4. The van der Waals surface area contributed by atoms with Crippen LogP contribution in [0.4, 0.5) is 4.39 Å². The zero-order chi connectivity index (χ0) is 22.5. The second kappa shape index (κ2) is 7.88. The Labute approximate surface area is 182 Å². The predicted molar refractivity (Wildman–Crippen MR) is 113 cm³/mol. The SMILES string of the molecule is C[C@@H](C#N)N(C(=O)C(N)CN1CC2CC1C(=O)N2C(C)(C)c1ccc(F)cc1)C1CC1. The van der Waals surface area contributed by atoms with Crippen LogP contribution in [0, 0.1) is 17.1 Å². The van der Waals surface area contributed by atoms with Crippen LogP contribution in [-0.4, -0.2) is 69.8 Å². The van der Waals surface area contributed by atoms with Gasteiger partial charge in [-0.2, -0.15) is 5.26 Å². The average molecular weight is 428 g/mol. The summed E-state index contributed by atoms with van der Waals surface area (Å²) < 4.78 is 13.4. The normalized spacial score (nSPS) is 25.4. The van der Waals surface area contributed by atoms with Gasteiger partial charge in [-0.3, -0.25) is 14.5 Å². The first kappa shape index (κ1) is 21.7. The van der Waals surface area contributed by atoms with Crippen LogP contribution in [0.1, 0.15) is 45.6 Å². The number of halogens is 1. The molecule has 31 heavy (non-hydrogen) atoms. The van der Waals surface area contributed by atoms with Crippen molar-refractivity contribution >= 4 is 11.8 Å². The van der Waals surface area contributed by atoms with Gasteiger partial charge in [0.25, 0.3) is 0 Å². The Balaban J connectivity index is 1.43. The number of piperazine rings is 1. The van der Waals surface area contributed by atoms with Gasteiger partial charge < -0.3 is 15.5 Å². The third-order valence-corrected chi connectivity index (χ3v) is 6.97. The molecule has 2 N–H and O–H groups in total. The average Bonchev–Trinajstić information content (AvgIpc) is 3.39. The minimum absolute atomic E-state index is 0.0228. The first-order valence-electron chi connectivity index (χ1n) is 11.0. The van der Waals surface area contributed by atoms with Crippen LogP contribution >= 0.6 is 0 Å². The third kappa shape index (κ3) is 3.81. The Morgan fingerprint density at radius 1 is 1.35 bits per heavy atom. The van der Waals surface area contributed by atoms with Crippen molar-refractivity contribution in [2.24, 2.45) is 5.73 Å². The molecule has 2 bridgehead atoms. The smallest absolute Gasteiger partial charge is 0.242 e. The third-order valence-electron chi connectivity index (χ3n) is 6.97. The van der Waals surface area contributed by atoms with Crippen molar-refractivity contribution < 1.29 is 14.0 Å². The Morgan fingerprint density at radius 2 is 2.00 bits per heavy atom. The number of likely N-dealkylation sites (tertiary alicyclic amines) is 2. The van der Waals surface area contributed by atoms with Crippen molar-refractivity contribution in [2.45, 2.75) is 75.8 Å². The van der Waals surface area contributed by atoms with E-state index in [2.05, 4.69) is 6.07 Å². The number of hydrogen-bond donors (Lipinski definition) is 1. The van der Waals surface area contributed by atoms with Gasteiger partial charge in [-0.25, -0.2) is 4.39 Å². The summed E-state index contributed by atoms with van der Waals surface area (Å²) in [6.07, 6.45) is 2.51. The maximum absolute atomic E-state index is 13.4. The van der Waals surface area contributed by atoms with E-state index in [9.17, 15) is 19.2 Å². The lowest BCUT2D eigenvalue weighted by molar-refractivity contribution is -0.144. The summed E-state index contributed by atoms with van der Waals surface area (Å²) in [5.41, 5.74) is 6.59. The maximum Gasteiger partial charge on any atom is 0.242 e. The van der Waals surface area contributed by atoms with Crippen molar-refractivity contribution in [3.05, 3.63) is 35.6 Å². The highest BCUT2D eigenvalue weighted by Crippen LogP contribution is 2.41. The Morgan fingerprint density at radius 3 is 2.55 bits per heavy atom. The topological polar surface area (TPSA) is 93.7 Å². The van der Waals surface area contributed by atoms with E-state index in [0.29, 0.717) is 19.5 Å². The van der Waals surface area contributed by atoms with Gasteiger partial charge in [-0.15, -0.1) is 0 Å². The summed E-state index contributed by atoms with van der Waals surface area (Å²) in [6, 6.07) is 7.00. The molecule has 166 valence electrons. The molecule has 1 aliphatic carbocycles. The summed E-state index contributed by atoms with van der Waals surface area (Å²) in [4.78, 5) is 31.7. The highest BCUT2D eigenvalue weighted by Gasteiger charge is 2.54. The van der Waals surface area contributed by atoms with E-state index in [1.54, 1.807) is 24.0 Å². The number of amides is 2. The molecule has 2 amide bonds. The van der Waals surface area contributed by atoms with E-state index < -0.39 is 17.6 Å². The number of carbonyl (C=O) groups excluding carboxylic acids is 2. The van der Waals surface area contributed by atoms with Gasteiger partial charge in [0.1, 0.15) is 11.9 Å². The van der Waals surface area contributed by atoms with Crippen molar-refractivity contribution in [2.75, 3.05) is 13.1 Å². The molecule has 3 aliphatic rings. The standard InChI is InChI=1S/C23H30FN5O2/c1-14(11-25)28(17-8-9-17)21(30)19(26)13-27-12-18-10-20(27)22(31)29(18)23(2,3)15-4-6-16(24)7-5-15/h4-7,14,17-20H,8-10,12-13,26H2,1-3H3/t14-,18?,19?,20?/m0/s1. The Kier molecular flexibility index (Phi) is 5.52. The van der Waals surface area contributed by atoms with Crippen molar-refractivity contribution in [3.8, 4) is 6.07 Å². The molecule has 0 aromatic heterocycles. The minimum atomic E-state index is -0.762. The van der Waals surface area contributed by atoms with E-state index >= 15 is 0 Å². The molecule has 1 saturated carbocycles. The molecule has 3 unspecified atom stereocenters. The quantitative estimate of drug-likeness (QED) is 0.713. The largest absolute Gasteiger partial charge is 0.328 e. The van der Waals surface area contributed by atoms with E-state index in [-0.39, 0.29) is 35.8 Å². The molecule has 0 radical (unpaired) electrons. The summed E-state index contributed by atoms with van der Waals surface area (Å²) >= 11 is 0. The highest BCUT2D eigenvalue weighted by molar-refractivity contribution is 5.87. The first-order chi connectivity index (χ1) is 14.6. The summed E-state index contributed by atoms with van der Waals surface area (Å²) in [6.45, 7) is 6.64. The number of hydrogen-bond acceptors (Lipinski definition) is 5. The fraction of sp³-hybridized carbons (Fsp3) is 0.609. The van der Waals surface area contributed by atoms with Gasteiger partial charge in [0, 0.05) is 25.2 Å². The number of fused-ring (bicyclic) bond motifs is 2. The highest BCUT2D eigenvalue weighted by atomic mass is 19.1. The Hall–Kier alpha value is -2.50. The van der Waals surface area contributed by atoms with Crippen LogP contribution in [0.25, 0.3) is 0 Å². The molecule has 1 aromatic rings. The second-order valence-corrected chi connectivity index (χ2v) is 9.52. The van der Waals surface area contributed by atoms with E-state index in [0.717, 1.165) is 18.4 Å². The van der Waals surface area contributed by atoms with Crippen LogP contribution in [0.3, 0.4) is 0 Å². The van der Waals surface area contributed by atoms with Crippen LogP contribution in [0.2, 0.25) is 0 Å². The summed E-state index contributed by atoms with van der Waals surface area (Å²) in [5.74, 6) is -0.491. The van der Waals surface area contributed by atoms with Crippen LogP contribution in [-0.2, 0) is 15.1 Å². The molecule has 2 aliphatic heterocycles. The van der Waals surface area contributed by atoms with Gasteiger partial charge in [0.05, 0.1) is 23.7 Å². The number of nitrogens with two attached hydrogens (primary N) is 1. The number of nitriles is 1. The lowest BCUT2D eigenvalue weighted by atomic mass is 9.91. The predicted octanol–water partition coefficient (Wildman–Crippen LogP) is 1.58. The van der Waals surface area contributed by atoms with Gasteiger partial charge in [-0.1, -0.05) is 12.1 Å². The summed E-state index contributed by atoms with van der Waals surface area (Å²) in [5, 5.41) is 9.27. The zero-order valence-corrected chi connectivity index (χ0v) is 18.3. The molecular weight excluding hydrogens is 397 g/mol. The molecule has 8 heteroatoms. The minimum Gasteiger partial charge on any atom is -0.328 e. The van der Waals surface area contributed by atoms with Gasteiger partial charge in [0.15, 0.2) is 0 Å². The molecule has 2 heterocycles. The fourth-order valence-corrected chi connectivity index (χ4v) is 5.22. The van der Waals surface area contributed by atoms with Crippen molar-refractivity contribution in [1.82, 2.24) is 14.7 Å². The van der Waals surface area contributed by atoms with Crippen LogP contribution in [0.5, 0.6) is 0 Å². The van der Waals surface area contributed by atoms with Crippen LogP contribution < -0.4 is 5.73 Å². The molecule has 2 saturated heterocycles. The zero-order valence-electron chi connectivity index (χ0n) is 18.3. The van der Waals surface area contributed by atoms with Gasteiger partial charge >= 0.3 is 0 Å². The molecule has 4 atom stereocenters. The molecule has 3 fully saturated rings. The van der Waals surface area contributed by atoms with E-state index in [1.807, 2.05) is 23.6 Å². The first-order valence-corrected chi connectivity index (χ1v) is 11.0. The van der Waals surface area contributed by atoms with E-state index in [1.165, 1.54) is 12.1 Å².